The number of rotatable bonds is 8. The van der Waals surface area contributed by atoms with Gasteiger partial charge in [-0.3, -0.25) is 29.5 Å². The number of nitrogens with one attached hydrogen (secondary N) is 2. The molecule has 52 heavy (non-hydrogen) atoms. The van der Waals surface area contributed by atoms with Crippen LogP contribution >= 0.6 is 0 Å². The molecule has 0 bridgehead atoms. The number of amides is 2. The van der Waals surface area contributed by atoms with Crippen molar-refractivity contribution in [2.24, 2.45) is 0 Å². The third-order valence-electron chi connectivity index (χ3n) is 8.55. The zero-order valence-corrected chi connectivity index (χ0v) is 29.4. The van der Waals surface area contributed by atoms with E-state index in [1.807, 2.05) is 26.0 Å². The minimum absolute atomic E-state index is 0.0421. The second kappa shape index (κ2) is 17.1. The first kappa shape index (κ1) is 37.7. The van der Waals surface area contributed by atoms with Gasteiger partial charge in [-0.15, -0.1) is 0 Å². The molecule has 2 aliphatic rings. The lowest BCUT2D eigenvalue weighted by Gasteiger charge is -2.38. The lowest BCUT2D eigenvalue weighted by atomic mass is 10.1. The molecule has 272 valence electrons. The molecule has 0 unspecified atom stereocenters. The Kier molecular flexibility index (Phi) is 12.4. The number of hydrogen-bond acceptors (Lipinski definition) is 14. The van der Waals surface area contributed by atoms with E-state index in [1.54, 1.807) is 36.9 Å². The van der Waals surface area contributed by atoms with Crippen molar-refractivity contribution in [1.82, 2.24) is 30.6 Å². The fraction of sp³-hybridized carbons (Fsp3) is 0.444. The maximum Gasteiger partial charge on any atom is 0.248 e. The minimum atomic E-state index is -1.05. The highest BCUT2D eigenvalue weighted by molar-refractivity contribution is 5.93. The summed E-state index contributed by atoms with van der Waals surface area (Å²) in [5, 5.41) is 42.5. The van der Waals surface area contributed by atoms with Gasteiger partial charge in [0.15, 0.2) is 0 Å². The first-order valence-corrected chi connectivity index (χ1v) is 17.0. The van der Waals surface area contributed by atoms with Crippen molar-refractivity contribution in [3.63, 3.8) is 0 Å². The van der Waals surface area contributed by atoms with Crippen molar-refractivity contribution in [3.05, 3.63) is 60.2 Å². The summed E-state index contributed by atoms with van der Waals surface area (Å²) in [6.45, 7) is 9.84. The summed E-state index contributed by atoms with van der Waals surface area (Å²) in [6, 6.07) is 11.5. The number of benzene rings is 2. The van der Waals surface area contributed by atoms with E-state index in [4.69, 9.17) is 9.47 Å². The Morgan fingerprint density at radius 1 is 0.712 bits per heavy atom. The molecule has 2 aromatic heterocycles. The van der Waals surface area contributed by atoms with Crippen LogP contribution in [0.1, 0.15) is 38.8 Å². The molecular weight excluding hydrogens is 668 g/mol. The van der Waals surface area contributed by atoms with Gasteiger partial charge in [-0.25, -0.2) is 0 Å². The Morgan fingerprint density at radius 3 is 1.42 bits per heavy atom. The Balaban J connectivity index is 0.000000201. The number of aliphatic hydroxyl groups is 2. The molecule has 4 N–H and O–H groups in total. The predicted octanol–water partition coefficient (Wildman–Crippen LogP) is 1.18. The summed E-state index contributed by atoms with van der Waals surface area (Å²) in [4.78, 5) is 44.9. The summed E-state index contributed by atoms with van der Waals surface area (Å²) in [6.07, 6.45) is 3.74. The molecule has 2 aromatic carbocycles. The van der Waals surface area contributed by atoms with Crippen LogP contribution in [0.5, 0.6) is 0 Å². The Bertz CT molecular complexity index is 1840. The van der Waals surface area contributed by atoms with Crippen molar-refractivity contribution < 1.29 is 29.3 Å². The van der Waals surface area contributed by atoms with Crippen LogP contribution in [0.15, 0.2) is 49.1 Å². The molecule has 6 atom stereocenters. The van der Waals surface area contributed by atoms with E-state index >= 15 is 0 Å². The van der Waals surface area contributed by atoms with Crippen LogP contribution in [-0.4, -0.2) is 118 Å². The van der Waals surface area contributed by atoms with E-state index < -0.39 is 24.0 Å². The summed E-state index contributed by atoms with van der Waals surface area (Å²) >= 11 is 0. The lowest BCUT2D eigenvalue weighted by Crippen LogP contribution is -2.51. The topological polar surface area (TPSA) is 223 Å². The largest absolute Gasteiger partial charge is 0.384 e. The first-order valence-electron chi connectivity index (χ1n) is 17.0. The van der Waals surface area contributed by atoms with Gasteiger partial charge >= 0.3 is 0 Å². The first-order chi connectivity index (χ1) is 25.0. The number of anilines is 2. The summed E-state index contributed by atoms with van der Waals surface area (Å²) < 4.78 is 11.8. The van der Waals surface area contributed by atoms with Crippen molar-refractivity contribution in [2.75, 3.05) is 49.1 Å². The van der Waals surface area contributed by atoms with Gasteiger partial charge in [0.05, 0.1) is 46.9 Å². The third kappa shape index (κ3) is 9.03. The average molecular weight is 711 g/mol. The van der Waals surface area contributed by atoms with E-state index in [9.17, 15) is 30.3 Å². The van der Waals surface area contributed by atoms with Crippen LogP contribution < -0.4 is 20.4 Å². The summed E-state index contributed by atoms with van der Waals surface area (Å²) in [5.74, 6) is -0.846. The van der Waals surface area contributed by atoms with Crippen LogP contribution in [0.4, 0.5) is 11.4 Å². The molecule has 2 saturated heterocycles. The van der Waals surface area contributed by atoms with Gasteiger partial charge in [-0.05, 0) is 52.0 Å². The number of nitriles is 2. The molecule has 2 amide bonds. The van der Waals surface area contributed by atoms with Gasteiger partial charge in [0.1, 0.15) is 46.4 Å². The number of nitrogens with zero attached hydrogens (tertiary/aromatic N) is 8. The number of carbonyl (C=O) groups is 2. The quantitative estimate of drug-likeness (QED) is 0.202. The van der Waals surface area contributed by atoms with E-state index in [0.717, 1.165) is 11.4 Å². The fourth-order valence-corrected chi connectivity index (χ4v) is 6.21. The molecule has 0 aliphatic carbocycles. The summed E-state index contributed by atoms with van der Waals surface area (Å²) in [5.41, 5.74) is 5.23. The molecule has 16 heteroatoms. The smallest absolute Gasteiger partial charge is 0.248 e. The lowest BCUT2D eigenvalue weighted by molar-refractivity contribution is -0.130. The standard InChI is InChI=1S/2C18H21N5O3/c2*1-11-9-23(10-14(26-11)8-22-18(25)12(2)24)15-4-3-13(7-19)16-17(15)21-6-5-20-16/h2*3-6,11-12,14,24H,8-10H2,1-2H3,(H,22,25)/t11-,12+,14+;11-,12-,14+/m11/s1. The van der Waals surface area contributed by atoms with Crippen molar-refractivity contribution in [1.29, 1.82) is 10.5 Å². The Morgan fingerprint density at radius 2 is 1.08 bits per heavy atom. The zero-order valence-electron chi connectivity index (χ0n) is 29.4. The van der Waals surface area contributed by atoms with Gasteiger partial charge in [-0.2, -0.15) is 10.5 Å². The maximum atomic E-state index is 11.6. The predicted molar refractivity (Wildman–Crippen MR) is 191 cm³/mol. The number of hydrogen-bond donors (Lipinski definition) is 4. The monoisotopic (exact) mass is 710 g/mol. The molecule has 4 heterocycles. The second-order valence-electron chi connectivity index (χ2n) is 12.8. The minimum Gasteiger partial charge on any atom is -0.384 e. The fourth-order valence-electron chi connectivity index (χ4n) is 6.21. The van der Waals surface area contributed by atoms with E-state index in [2.05, 4.69) is 52.5 Å². The van der Waals surface area contributed by atoms with Crippen molar-refractivity contribution in [2.45, 2.75) is 64.3 Å². The van der Waals surface area contributed by atoms with Gasteiger partial charge < -0.3 is 40.1 Å². The second-order valence-corrected chi connectivity index (χ2v) is 12.8. The SMILES string of the molecule is C[C@@H]1CN(c2ccc(C#N)c3nccnc23)C[C@H](CNC(=O)[C@@H](C)O)O1.C[C@@H]1CN(c2ccc(C#N)c3nccnc23)C[C@H](CNC(=O)[C@H](C)O)O1. The summed E-state index contributed by atoms with van der Waals surface area (Å²) in [7, 11) is 0. The van der Waals surface area contributed by atoms with E-state index in [-0.39, 0.29) is 24.4 Å². The van der Waals surface area contributed by atoms with Crippen molar-refractivity contribution >= 4 is 45.3 Å². The molecule has 2 fully saturated rings. The Labute approximate surface area is 301 Å². The molecule has 6 rings (SSSR count). The molecule has 16 nitrogen and oxygen atoms in total. The van der Waals surface area contributed by atoms with Gasteiger partial charge in [0.2, 0.25) is 11.8 Å². The number of aromatic nitrogens is 4. The van der Waals surface area contributed by atoms with Crippen LogP contribution in [0, 0.1) is 22.7 Å². The van der Waals surface area contributed by atoms with E-state index in [0.29, 0.717) is 72.5 Å². The molecular formula is C36H42N10O6. The van der Waals surface area contributed by atoms with Gasteiger partial charge in [-0.1, -0.05) is 0 Å². The van der Waals surface area contributed by atoms with Crippen LogP contribution in [0.2, 0.25) is 0 Å². The van der Waals surface area contributed by atoms with Crippen LogP contribution in [0.25, 0.3) is 22.1 Å². The number of morpholine rings is 2. The number of fused-ring (bicyclic) bond motifs is 2. The van der Waals surface area contributed by atoms with Gasteiger partial charge in [0, 0.05) is 64.1 Å². The molecule has 0 spiro atoms. The van der Waals surface area contributed by atoms with E-state index in [1.165, 1.54) is 13.8 Å². The van der Waals surface area contributed by atoms with Gasteiger partial charge in [0.25, 0.3) is 0 Å². The van der Waals surface area contributed by atoms with Crippen molar-refractivity contribution in [3.8, 4) is 12.1 Å². The van der Waals surface area contributed by atoms with Crippen LogP contribution in [0.3, 0.4) is 0 Å². The molecule has 2 aliphatic heterocycles. The molecule has 0 saturated carbocycles. The highest BCUT2D eigenvalue weighted by Gasteiger charge is 2.29. The maximum absolute atomic E-state index is 11.6. The number of ether oxygens (including phenoxy) is 2. The number of aliphatic hydroxyl groups excluding tert-OH is 2. The zero-order chi connectivity index (χ0) is 37.4. The Hall–Kier alpha value is -5.52. The van der Waals surface area contributed by atoms with Crippen LogP contribution in [-0.2, 0) is 19.1 Å². The third-order valence-corrected chi connectivity index (χ3v) is 8.55. The normalized spacial score (nSPS) is 21.2. The molecule has 0 radical (unpaired) electrons. The average Bonchev–Trinajstić information content (AvgIpc) is 3.14. The highest BCUT2D eigenvalue weighted by atomic mass is 16.5. The highest BCUT2D eigenvalue weighted by Crippen LogP contribution is 2.30. The molecule has 4 aromatic rings. The number of carbonyl (C=O) groups excluding carboxylic acids is 2.